The van der Waals surface area contributed by atoms with Crippen molar-refractivity contribution < 1.29 is 28.3 Å². The summed E-state index contributed by atoms with van der Waals surface area (Å²) < 4.78 is 29.8. The molecule has 11 heteroatoms. The fourth-order valence-corrected chi connectivity index (χ4v) is 7.45. The fraction of sp³-hybridized carbons (Fsp3) is 0.423. The molecule has 1 aliphatic carbocycles. The van der Waals surface area contributed by atoms with E-state index in [4.69, 9.17) is 23.2 Å². The van der Waals surface area contributed by atoms with E-state index in [9.17, 15) is 28.3 Å². The molecule has 4 aliphatic rings. The van der Waals surface area contributed by atoms with Crippen molar-refractivity contribution in [2.45, 2.75) is 49.6 Å². The monoisotopic (exact) mass is 549 g/mol. The van der Waals surface area contributed by atoms with E-state index in [0.29, 0.717) is 5.69 Å². The Morgan fingerprint density at radius 2 is 1.92 bits per heavy atom. The first-order valence-electron chi connectivity index (χ1n) is 12.1. The molecule has 6 rings (SSSR count). The van der Waals surface area contributed by atoms with Crippen molar-refractivity contribution in [1.82, 2.24) is 4.90 Å². The standard InChI is InChI=1S/C26H23Cl2F2N3O4/c27-13-8-15-21(16(28)9-13)32-24(37)26(15)20(23(35)36)19(18-10-25(29,30)11-33(18)26)22(34)31-17-7-3-5-12-4-1-2-6-14(12)17/h3,5,7-9,18-20H,1-2,4,6,10-11H2,(H,31,34)(H,32,37)(H,35,36)/t18-,19+,20-,26+/m1/s1. The third-order valence-electron chi connectivity index (χ3n) is 8.26. The third-order valence-corrected chi connectivity index (χ3v) is 8.78. The lowest BCUT2D eigenvalue weighted by Crippen LogP contribution is -2.54. The Bertz CT molecular complexity index is 1370. The van der Waals surface area contributed by atoms with E-state index >= 15 is 0 Å². The molecule has 194 valence electrons. The van der Waals surface area contributed by atoms with Gasteiger partial charge in [0.2, 0.25) is 5.91 Å². The van der Waals surface area contributed by atoms with Crippen LogP contribution in [0.3, 0.4) is 0 Å². The van der Waals surface area contributed by atoms with Gasteiger partial charge in [-0.1, -0.05) is 35.3 Å². The molecule has 0 saturated carbocycles. The summed E-state index contributed by atoms with van der Waals surface area (Å²) >= 11 is 12.5. The molecule has 2 aromatic rings. The van der Waals surface area contributed by atoms with Gasteiger partial charge in [0.05, 0.1) is 23.2 Å². The number of anilines is 2. The minimum Gasteiger partial charge on any atom is -0.481 e. The quantitative estimate of drug-likeness (QED) is 0.515. The third kappa shape index (κ3) is 3.51. The van der Waals surface area contributed by atoms with Crippen molar-refractivity contribution in [3.63, 3.8) is 0 Å². The van der Waals surface area contributed by atoms with Crippen molar-refractivity contribution in [3.8, 4) is 0 Å². The number of rotatable bonds is 3. The number of amides is 2. The van der Waals surface area contributed by atoms with Crippen LogP contribution in [0.2, 0.25) is 10.0 Å². The summed E-state index contributed by atoms with van der Waals surface area (Å²) in [6.45, 7) is -0.872. The molecular weight excluding hydrogens is 527 g/mol. The van der Waals surface area contributed by atoms with E-state index in [-0.39, 0.29) is 21.3 Å². The molecule has 3 N–H and O–H groups in total. The smallest absolute Gasteiger partial charge is 0.310 e. The number of carbonyl (C=O) groups excluding carboxylic acids is 2. The van der Waals surface area contributed by atoms with Gasteiger partial charge in [0.25, 0.3) is 11.8 Å². The summed E-state index contributed by atoms with van der Waals surface area (Å²) in [6.07, 6.45) is 2.85. The first kappa shape index (κ1) is 24.6. The van der Waals surface area contributed by atoms with E-state index in [1.807, 2.05) is 12.1 Å². The summed E-state index contributed by atoms with van der Waals surface area (Å²) in [4.78, 5) is 41.5. The summed E-state index contributed by atoms with van der Waals surface area (Å²) in [5, 5.41) is 16.1. The zero-order valence-corrected chi connectivity index (χ0v) is 21.0. The molecule has 0 bridgehead atoms. The maximum Gasteiger partial charge on any atom is 0.310 e. The Morgan fingerprint density at radius 3 is 2.68 bits per heavy atom. The fourth-order valence-electron chi connectivity index (χ4n) is 6.91. The van der Waals surface area contributed by atoms with Crippen molar-refractivity contribution >= 4 is 52.4 Å². The number of fused-ring (bicyclic) bond motifs is 5. The van der Waals surface area contributed by atoms with Crippen molar-refractivity contribution in [3.05, 3.63) is 57.1 Å². The predicted molar refractivity (Wildman–Crippen MR) is 133 cm³/mol. The second kappa shape index (κ2) is 8.38. The molecule has 3 aliphatic heterocycles. The van der Waals surface area contributed by atoms with Crippen LogP contribution in [-0.4, -0.2) is 46.3 Å². The van der Waals surface area contributed by atoms with Crippen LogP contribution in [0.5, 0.6) is 0 Å². The number of halogens is 4. The molecular formula is C26H23Cl2F2N3O4. The number of aryl methyl sites for hydroxylation is 1. The number of benzene rings is 2. The van der Waals surface area contributed by atoms with Gasteiger partial charge in [-0.2, -0.15) is 0 Å². The van der Waals surface area contributed by atoms with Crippen LogP contribution in [0, 0.1) is 11.8 Å². The maximum atomic E-state index is 14.9. The topological polar surface area (TPSA) is 98.7 Å². The number of hydrogen-bond donors (Lipinski definition) is 3. The number of carboxylic acid groups (broad SMARTS) is 1. The summed E-state index contributed by atoms with van der Waals surface area (Å²) in [7, 11) is 0. The molecule has 2 fully saturated rings. The largest absolute Gasteiger partial charge is 0.481 e. The van der Waals surface area contributed by atoms with Gasteiger partial charge < -0.3 is 15.7 Å². The van der Waals surface area contributed by atoms with Gasteiger partial charge in [0.15, 0.2) is 0 Å². The number of carbonyl (C=O) groups is 3. The van der Waals surface area contributed by atoms with Crippen LogP contribution in [0.15, 0.2) is 30.3 Å². The predicted octanol–water partition coefficient (Wildman–Crippen LogP) is 4.70. The van der Waals surface area contributed by atoms with E-state index in [1.54, 1.807) is 6.07 Å². The molecule has 3 heterocycles. The highest BCUT2D eigenvalue weighted by Gasteiger charge is 2.74. The lowest BCUT2D eigenvalue weighted by molar-refractivity contribution is -0.153. The van der Waals surface area contributed by atoms with Crippen LogP contribution < -0.4 is 10.6 Å². The Labute approximate surface area is 221 Å². The van der Waals surface area contributed by atoms with Crippen molar-refractivity contribution in [2.75, 3.05) is 17.2 Å². The van der Waals surface area contributed by atoms with E-state index < -0.39 is 60.1 Å². The Morgan fingerprint density at radius 1 is 1.16 bits per heavy atom. The Kier molecular flexibility index (Phi) is 5.57. The van der Waals surface area contributed by atoms with Crippen LogP contribution >= 0.6 is 23.2 Å². The maximum absolute atomic E-state index is 14.9. The zero-order valence-electron chi connectivity index (χ0n) is 19.5. The Hall–Kier alpha value is -2.75. The molecule has 4 atom stereocenters. The highest BCUT2D eigenvalue weighted by atomic mass is 35.5. The average molecular weight is 550 g/mol. The van der Waals surface area contributed by atoms with E-state index in [1.165, 1.54) is 17.0 Å². The van der Waals surface area contributed by atoms with Gasteiger partial charge in [-0.3, -0.25) is 19.3 Å². The first-order chi connectivity index (χ1) is 17.5. The van der Waals surface area contributed by atoms with Crippen molar-refractivity contribution in [2.24, 2.45) is 11.8 Å². The van der Waals surface area contributed by atoms with Crippen LogP contribution in [0.4, 0.5) is 20.2 Å². The van der Waals surface area contributed by atoms with Crippen LogP contribution in [0.1, 0.15) is 36.0 Å². The second-order valence-electron chi connectivity index (χ2n) is 10.3. The lowest BCUT2D eigenvalue weighted by atomic mass is 9.73. The number of nitrogens with zero attached hydrogens (tertiary/aromatic N) is 1. The van der Waals surface area contributed by atoms with Gasteiger partial charge in [-0.25, -0.2) is 8.78 Å². The number of aliphatic carboxylic acids is 1. The first-order valence-corrected chi connectivity index (χ1v) is 12.9. The average Bonchev–Trinajstić information content (AvgIpc) is 3.40. The molecule has 37 heavy (non-hydrogen) atoms. The molecule has 2 amide bonds. The number of hydrogen-bond acceptors (Lipinski definition) is 4. The zero-order chi connectivity index (χ0) is 26.3. The van der Waals surface area contributed by atoms with Gasteiger partial charge >= 0.3 is 5.97 Å². The number of carboxylic acids is 1. The van der Waals surface area contributed by atoms with E-state index in [2.05, 4.69) is 10.6 Å². The van der Waals surface area contributed by atoms with Gasteiger partial charge in [0, 0.05) is 28.7 Å². The SMILES string of the molecule is O=C(Nc1cccc2c1CCCC2)[C@H]1[C@H]2CC(F)(F)CN2[C@]2(C(=O)Nc3c(Cl)cc(Cl)cc32)[C@H]1C(=O)O. The molecule has 7 nitrogen and oxygen atoms in total. The summed E-state index contributed by atoms with van der Waals surface area (Å²) in [6, 6.07) is 7.10. The normalized spacial score (nSPS) is 29.5. The number of alkyl halides is 2. The lowest BCUT2D eigenvalue weighted by Gasteiger charge is -2.35. The van der Waals surface area contributed by atoms with Crippen LogP contribution in [-0.2, 0) is 32.8 Å². The van der Waals surface area contributed by atoms with Gasteiger partial charge in [-0.05, 0) is 55.0 Å². The second-order valence-corrected chi connectivity index (χ2v) is 11.1. The summed E-state index contributed by atoms with van der Waals surface area (Å²) in [5.74, 6) is -9.26. The minimum absolute atomic E-state index is 0.0585. The van der Waals surface area contributed by atoms with Crippen LogP contribution in [0.25, 0.3) is 0 Å². The van der Waals surface area contributed by atoms with E-state index in [0.717, 1.165) is 36.8 Å². The molecule has 0 aromatic heterocycles. The number of nitrogens with one attached hydrogen (secondary N) is 2. The Balaban J connectivity index is 1.49. The molecule has 0 unspecified atom stereocenters. The molecule has 2 saturated heterocycles. The molecule has 2 aromatic carbocycles. The van der Waals surface area contributed by atoms with Crippen molar-refractivity contribution in [1.29, 1.82) is 0 Å². The minimum atomic E-state index is -3.23. The highest BCUT2D eigenvalue weighted by Crippen LogP contribution is 2.61. The summed E-state index contributed by atoms with van der Waals surface area (Å²) in [5.41, 5.74) is 0.762. The van der Waals surface area contributed by atoms with Gasteiger partial charge in [-0.15, -0.1) is 0 Å². The van der Waals surface area contributed by atoms with Gasteiger partial charge in [0.1, 0.15) is 11.5 Å². The molecule has 1 spiro atoms. The highest BCUT2D eigenvalue weighted by molar-refractivity contribution is 6.38. The molecule has 0 radical (unpaired) electrons.